The van der Waals surface area contributed by atoms with Crippen molar-refractivity contribution in [2.75, 3.05) is 0 Å². The van der Waals surface area contributed by atoms with Crippen LogP contribution >= 0.6 is 11.6 Å². The molecular weight excluding hydrogens is 198 g/mol. The quantitative estimate of drug-likeness (QED) is 0.659. The van der Waals surface area contributed by atoms with Crippen molar-refractivity contribution in [2.24, 2.45) is 7.05 Å². The van der Waals surface area contributed by atoms with Gasteiger partial charge in [0.25, 0.3) is 0 Å². The Labute approximate surface area is 87.1 Å². The van der Waals surface area contributed by atoms with Gasteiger partial charge in [-0.2, -0.15) is 0 Å². The van der Waals surface area contributed by atoms with Crippen LogP contribution in [0.2, 0.25) is 5.15 Å². The molecule has 0 spiro atoms. The molecule has 1 aromatic carbocycles. The molecular formula is C11H10ClNO. The molecule has 0 aliphatic carbocycles. The Morgan fingerprint density at radius 2 is 2.14 bits per heavy atom. The van der Waals surface area contributed by atoms with Gasteiger partial charge in [-0.25, -0.2) is 0 Å². The molecule has 0 N–H and O–H groups in total. The van der Waals surface area contributed by atoms with Crippen molar-refractivity contribution in [2.45, 2.75) is 6.92 Å². The van der Waals surface area contributed by atoms with Gasteiger partial charge < -0.3 is 4.57 Å². The Kier molecular flexibility index (Phi) is 2.08. The molecule has 2 aromatic rings. The van der Waals surface area contributed by atoms with E-state index in [2.05, 4.69) is 0 Å². The van der Waals surface area contributed by atoms with Crippen LogP contribution in [0.25, 0.3) is 10.9 Å². The second kappa shape index (κ2) is 3.14. The summed E-state index contributed by atoms with van der Waals surface area (Å²) in [6.07, 6.45) is 0.817. The summed E-state index contributed by atoms with van der Waals surface area (Å²) in [6, 6.07) is 5.90. The summed E-state index contributed by atoms with van der Waals surface area (Å²) in [5.41, 5.74) is 2.66. The van der Waals surface area contributed by atoms with Gasteiger partial charge in [0.15, 0.2) is 6.29 Å². The van der Waals surface area contributed by atoms with Gasteiger partial charge in [0.1, 0.15) is 5.15 Å². The van der Waals surface area contributed by atoms with Crippen LogP contribution in [0.5, 0.6) is 0 Å². The van der Waals surface area contributed by atoms with Crippen LogP contribution in [-0.2, 0) is 7.05 Å². The van der Waals surface area contributed by atoms with Crippen LogP contribution in [0.1, 0.15) is 15.9 Å². The third kappa shape index (κ3) is 1.07. The number of aryl methyl sites for hydroxylation is 2. The van der Waals surface area contributed by atoms with Crippen molar-refractivity contribution in [3.05, 3.63) is 34.5 Å². The minimum atomic E-state index is 0.504. The first-order valence-electron chi connectivity index (χ1n) is 4.35. The van der Waals surface area contributed by atoms with Crippen LogP contribution in [0, 0.1) is 6.92 Å². The predicted molar refractivity (Wildman–Crippen MR) is 58.1 cm³/mol. The van der Waals surface area contributed by atoms with E-state index in [0.29, 0.717) is 10.7 Å². The summed E-state index contributed by atoms with van der Waals surface area (Å²) in [6.45, 7) is 1.98. The molecule has 0 radical (unpaired) electrons. The van der Waals surface area contributed by atoms with Gasteiger partial charge in [-0.15, -0.1) is 0 Å². The van der Waals surface area contributed by atoms with E-state index in [0.717, 1.165) is 22.8 Å². The first kappa shape index (κ1) is 9.28. The van der Waals surface area contributed by atoms with E-state index < -0.39 is 0 Å². The molecule has 0 amide bonds. The number of hydrogen-bond donors (Lipinski definition) is 0. The minimum absolute atomic E-state index is 0.504. The Hall–Kier alpha value is -1.28. The number of aromatic nitrogens is 1. The summed E-state index contributed by atoms with van der Waals surface area (Å²) in [7, 11) is 1.86. The lowest BCUT2D eigenvalue weighted by Gasteiger charge is -1.97. The molecule has 0 bridgehead atoms. The van der Waals surface area contributed by atoms with E-state index in [1.54, 1.807) is 0 Å². The Morgan fingerprint density at radius 1 is 1.43 bits per heavy atom. The number of halogens is 1. The van der Waals surface area contributed by atoms with Crippen molar-refractivity contribution >= 4 is 28.8 Å². The highest BCUT2D eigenvalue weighted by Gasteiger charge is 2.13. The largest absolute Gasteiger partial charge is 0.334 e. The molecule has 0 saturated heterocycles. The Balaban J connectivity index is 3.03. The second-order valence-electron chi connectivity index (χ2n) is 3.35. The number of rotatable bonds is 1. The average Bonchev–Trinajstić information content (AvgIpc) is 2.43. The molecule has 3 heteroatoms. The number of benzene rings is 1. The van der Waals surface area contributed by atoms with Crippen molar-refractivity contribution in [3.63, 3.8) is 0 Å². The summed E-state index contributed by atoms with van der Waals surface area (Å²) in [5.74, 6) is 0. The second-order valence-corrected chi connectivity index (χ2v) is 3.71. The molecule has 0 saturated carbocycles. The molecule has 2 nitrogen and oxygen atoms in total. The number of carbonyl (C=O) groups excluding carboxylic acids is 1. The smallest absolute Gasteiger partial charge is 0.153 e. The summed E-state index contributed by atoms with van der Waals surface area (Å²) in [5, 5.41) is 1.46. The van der Waals surface area contributed by atoms with Gasteiger partial charge in [-0.1, -0.05) is 23.7 Å². The third-order valence-corrected chi connectivity index (χ3v) is 2.97. The molecule has 14 heavy (non-hydrogen) atoms. The molecule has 2 rings (SSSR count). The standard InChI is InChI=1S/C11H10ClNO/c1-7-4-3-5-9-10(7)8(6-14)11(12)13(9)2/h3-6H,1-2H3. The molecule has 0 aliphatic heterocycles. The zero-order valence-corrected chi connectivity index (χ0v) is 8.80. The number of hydrogen-bond acceptors (Lipinski definition) is 1. The molecule has 0 fully saturated rings. The van der Waals surface area contributed by atoms with Crippen molar-refractivity contribution < 1.29 is 4.79 Å². The van der Waals surface area contributed by atoms with E-state index in [9.17, 15) is 4.79 Å². The maximum absolute atomic E-state index is 10.9. The number of nitrogens with zero attached hydrogens (tertiary/aromatic N) is 1. The van der Waals surface area contributed by atoms with Gasteiger partial charge in [-0.05, 0) is 18.6 Å². The predicted octanol–water partition coefficient (Wildman–Crippen LogP) is 2.95. The van der Waals surface area contributed by atoms with Gasteiger partial charge in [0.05, 0.1) is 5.56 Å². The topological polar surface area (TPSA) is 22.0 Å². The third-order valence-electron chi connectivity index (χ3n) is 2.52. The van der Waals surface area contributed by atoms with Crippen LogP contribution < -0.4 is 0 Å². The van der Waals surface area contributed by atoms with Gasteiger partial charge in [-0.3, -0.25) is 4.79 Å². The molecule has 0 atom stereocenters. The van der Waals surface area contributed by atoms with E-state index in [1.807, 2.05) is 36.7 Å². The molecule has 1 aromatic heterocycles. The highest BCUT2D eigenvalue weighted by Crippen LogP contribution is 2.29. The number of aldehydes is 1. The van der Waals surface area contributed by atoms with Crippen LogP contribution in [0.15, 0.2) is 18.2 Å². The van der Waals surface area contributed by atoms with Crippen molar-refractivity contribution in [1.82, 2.24) is 4.57 Å². The number of carbonyl (C=O) groups is 1. The minimum Gasteiger partial charge on any atom is -0.334 e. The van der Waals surface area contributed by atoms with E-state index in [1.165, 1.54) is 0 Å². The van der Waals surface area contributed by atoms with Crippen molar-refractivity contribution in [3.8, 4) is 0 Å². The maximum Gasteiger partial charge on any atom is 0.153 e. The molecule has 72 valence electrons. The summed E-state index contributed by atoms with van der Waals surface area (Å²) in [4.78, 5) is 10.9. The lowest BCUT2D eigenvalue weighted by atomic mass is 10.1. The first-order valence-corrected chi connectivity index (χ1v) is 4.73. The van der Waals surface area contributed by atoms with E-state index in [-0.39, 0.29) is 0 Å². The fraction of sp³-hybridized carbons (Fsp3) is 0.182. The van der Waals surface area contributed by atoms with Crippen molar-refractivity contribution in [1.29, 1.82) is 0 Å². The van der Waals surface area contributed by atoms with Crippen LogP contribution in [0.3, 0.4) is 0 Å². The molecule has 0 unspecified atom stereocenters. The lowest BCUT2D eigenvalue weighted by molar-refractivity contribution is 0.112. The summed E-state index contributed by atoms with van der Waals surface area (Å²) >= 11 is 6.04. The highest BCUT2D eigenvalue weighted by atomic mass is 35.5. The molecule has 0 aliphatic rings. The van der Waals surface area contributed by atoms with Gasteiger partial charge in [0, 0.05) is 18.0 Å². The first-order chi connectivity index (χ1) is 6.66. The summed E-state index contributed by atoms with van der Waals surface area (Å²) < 4.78 is 1.83. The monoisotopic (exact) mass is 207 g/mol. The SMILES string of the molecule is Cc1cccc2c1c(C=O)c(Cl)n2C. The normalized spacial score (nSPS) is 10.8. The fourth-order valence-corrected chi connectivity index (χ4v) is 2.01. The average molecular weight is 208 g/mol. The zero-order chi connectivity index (χ0) is 10.3. The fourth-order valence-electron chi connectivity index (χ4n) is 1.78. The number of fused-ring (bicyclic) bond motifs is 1. The zero-order valence-electron chi connectivity index (χ0n) is 8.04. The molecule has 1 heterocycles. The van der Waals surface area contributed by atoms with Crippen LogP contribution in [0.4, 0.5) is 0 Å². The van der Waals surface area contributed by atoms with Crippen LogP contribution in [-0.4, -0.2) is 10.9 Å². The Morgan fingerprint density at radius 3 is 2.79 bits per heavy atom. The lowest BCUT2D eigenvalue weighted by Crippen LogP contribution is -1.86. The van der Waals surface area contributed by atoms with Gasteiger partial charge in [0.2, 0.25) is 0 Å². The van der Waals surface area contributed by atoms with E-state index >= 15 is 0 Å². The maximum atomic E-state index is 10.9. The van der Waals surface area contributed by atoms with E-state index in [4.69, 9.17) is 11.6 Å². The highest BCUT2D eigenvalue weighted by molar-refractivity contribution is 6.34. The Bertz CT molecular complexity index is 513. The van der Waals surface area contributed by atoms with Gasteiger partial charge >= 0.3 is 0 Å².